The molecule has 1 aromatic carbocycles. The number of rotatable bonds is 3. The van der Waals surface area contributed by atoms with E-state index in [4.69, 9.17) is 4.74 Å². The largest absolute Gasteiger partial charge is 0.465 e. The van der Waals surface area contributed by atoms with Gasteiger partial charge < -0.3 is 4.74 Å². The highest BCUT2D eigenvalue weighted by Crippen LogP contribution is 2.18. The number of benzene rings is 1. The fourth-order valence-electron chi connectivity index (χ4n) is 2.81. The number of pyridine rings is 1. The highest BCUT2D eigenvalue weighted by molar-refractivity contribution is 5.96. The lowest BCUT2D eigenvalue weighted by Gasteiger charge is -2.08. The quantitative estimate of drug-likeness (QED) is 0.308. The zero-order chi connectivity index (χ0) is 19.1. The zero-order valence-electron chi connectivity index (χ0n) is 13.9. The van der Waals surface area contributed by atoms with E-state index in [1.165, 1.54) is 59.0 Å². The van der Waals surface area contributed by atoms with Gasteiger partial charge in [-0.25, -0.2) is 14.3 Å². The Morgan fingerprint density at radius 2 is 1.93 bits per heavy atom. The summed E-state index contributed by atoms with van der Waals surface area (Å²) in [4.78, 5) is 39.1. The number of nitrogens with zero attached hydrogens (tertiary/aromatic N) is 5. The Morgan fingerprint density at radius 3 is 2.59 bits per heavy atom. The lowest BCUT2D eigenvalue weighted by atomic mass is 10.2. The number of hydrogen-bond donors (Lipinski definition) is 0. The van der Waals surface area contributed by atoms with Crippen LogP contribution in [-0.2, 0) is 4.74 Å². The second-order valence-electron chi connectivity index (χ2n) is 5.61. The molecule has 10 heteroatoms. The molecular weight excluding hydrogens is 354 g/mol. The van der Waals surface area contributed by atoms with E-state index in [9.17, 15) is 19.7 Å². The number of hydrogen-bond acceptors (Lipinski definition) is 7. The van der Waals surface area contributed by atoms with Crippen LogP contribution in [0.3, 0.4) is 0 Å². The molecule has 0 saturated carbocycles. The normalized spacial score (nSPS) is 11.0. The van der Waals surface area contributed by atoms with E-state index in [1.54, 1.807) is 6.07 Å². The topological polar surface area (TPSA) is 122 Å². The molecule has 134 valence electrons. The summed E-state index contributed by atoms with van der Waals surface area (Å²) in [6, 6.07) is 7.27. The molecule has 27 heavy (non-hydrogen) atoms. The number of aromatic nitrogens is 4. The number of carbonyl (C=O) groups excluding carboxylic acids is 1. The predicted octanol–water partition coefficient (Wildman–Crippen LogP) is 1.73. The molecule has 4 aromatic rings. The van der Waals surface area contributed by atoms with E-state index >= 15 is 0 Å². The van der Waals surface area contributed by atoms with Crippen molar-refractivity contribution < 1.29 is 14.5 Å². The average molecular weight is 365 g/mol. The zero-order valence-corrected chi connectivity index (χ0v) is 13.9. The van der Waals surface area contributed by atoms with Crippen molar-refractivity contribution in [2.24, 2.45) is 0 Å². The highest BCUT2D eigenvalue weighted by atomic mass is 16.6. The van der Waals surface area contributed by atoms with Crippen LogP contribution >= 0.6 is 0 Å². The van der Waals surface area contributed by atoms with Gasteiger partial charge in [0.05, 0.1) is 29.1 Å². The maximum atomic E-state index is 12.8. The van der Waals surface area contributed by atoms with Crippen LogP contribution in [0.5, 0.6) is 0 Å². The first-order valence-electron chi connectivity index (χ1n) is 7.72. The minimum absolute atomic E-state index is 0.0668. The number of nitro groups is 1. The fraction of sp³-hybridized carbons (Fsp3) is 0.0588. The van der Waals surface area contributed by atoms with Gasteiger partial charge in [-0.3, -0.25) is 19.5 Å². The number of nitro benzene ring substituents is 1. The highest BCUT2D eigenvalue weighted by Gasteiger charge is 2.17. The maximum absolute atomic E-state index is 12.8. The molecule has 0 saturated heterocycles. The van der Waals surface area contributed by atoms with Gasteiger partial charge in [0.1, 0.15) is 5.56 Å². The van der Waals surface area contributed by atoms with Crippen LogP contribution in [0.15, 0.2) is 53.7 Å². The van der Waals surface area contributed by atoms with E-state index in [0.717, 1.165) is 0 Å². The first-order valence-corrected chi connectivity index (χ1v) is 7.72. The number of carbonyl (C=O) groups is 1. The molecule has 4 rings (SSSR count). The number of fused-ring (bicyclic) bond motifs is 3. The molecule has 3 heterocycles. The van der Waals surface area contributed by atoms with E-state index in [1.807, 2.05) is 0 Å². The van der Waals surface area contributed by atoms with Crippen molar-refractivity contribution in [2.45, 2.75) is 0 Å². The first kappa shape index (κ1) is 16.4. The second-order valence-corrected chi connectivity index (χ2v) is 5.61. The van der Waals surface area contributed by atoms with E-state index < -0.39 is 10.9 Å². The van der Waals surface area contributed by atoms with E-state index in [-0.39, 0.29) is 27.8 Å². The molecule has 0 amide bonds. The Kier molecular flexibility index (Phi) is 3.65. The molecule has 0 fully saturated rings. The minimum Gasteiger partial charge on any atom is -0.465 e. The summed E-state index contributed by atoms with van der Waals surface area (Å²) in [6.07, 6.45) is 4.23. The first-order chi connectivity index (χ1) is 13.0. The molecule has 0 spiro atoms. The van der Waals surface area contributed by atoms with Gasteiger partial charge in [0, 0.05) is 30.2 Å². The van der Waals surface area contributed by atoms with Gasteiger partial charge in [-0.05, 0) is 18.2 Å². The van der Waals surface area contributed by atoms with Gasteiger partial charge in [-0.2, -0.15) is 5.10 Å². The van der Waals surface area contributed by atoms with Crippen molar-refractivity contribution in [3.8, 4) is 5.69 Å². The Bertz CT molecular complexity index is 1270. The smallest absolute Gasteiger partial charge is 0.343 e. The lowest BCUT2D eigenvalue weighted by molar-refractivity contribution is -0.384. The van der Waals surface area contributed by atoms with Gasteiger partial charge in [0.2, 0.25) is 0 Å². The van der Waals surface area contributed by atoms with Crippen LogP contribution in [-0.4, -0.2) is 37.2 Å². The van der Waals surface area contributed by atoms with Gasteiger partial charge in [0.25, 0.3) is 11.2 Å². The summed E-state index contributed by atoms with van der Waals surface area (Å²) < 4.78 is 7.44. The van der Waals surface area contributed by atoms with Crippen molar-refractivity contribution in [3.63, 3.8) is 0 Å². The van der Waals surface area contributed by atoms with Crippen molar-refractivity contribution in [1.29, 1.82) is 0 Å². The third kappa shape index (κ3) is 2.51. The molecule has 0 aliphatic carbocycles. The summed E-state index contributed by atoms with van der Waals surface area (Å²) in [5.41, 5.74) is 0.983. The van der Waals surface area contributed by atoms with Crippen molar-refractivity contribution >= 4 is 28.2 Å². The number of ether oxygens (including phenoxy) is 1. The molecule has 0 N–H and O–H groups in total. The van der Waals surface area contributed by atoms with E-state index in [2.05, 4.69) is 10.1 Å². The summed E-state index contributed by atoms with van der Waals surface area (Å²) >= 11 is 0. The van der Waals surface area contributed by atoms with Crippen LogP contribution in [0.25, 0.3) is 22.2 Å². The molecule has 0 bridgehead atoms. The van der Waals surface area contributed by atoms with Gasteiger partial charge >= 0.3 is 5.97 Å². The molecule has 10 nitrogen and oxygen atoms in total. The summed E-state index contributed by atoms with van der Waals surface area (Å²) in [5.74, 6) is -0.573. The number of non-ortho nitro benzene ring substituents is 1. The van der Waals surface area contributed by atoms with Gasteiger partial charge in [-0.1, -0.05) is 0 Å². The molecule has 0 radical (unpaired) electrons. The lowest BCUT2D eigenvalue weighted by Crippen LogP contribution is -2.19. The molecule has 3 aromatic heterocycles. The standard InChI is InChI=1S/C17H11N5O5/c1-27-17(24)13-9-19-21-14-6-7-20(16(23)12(14)8-18-15(13)21)10-2-4-11(5-3-10)22(25)26/h2-9H,1H3. The van der Waals surface area contributed by atoms with Crippen molar-refractivity contribution in [2.75, 3.05) is 7.11 Å². The number of esters is 1. The Morgan fingerprint density at radius 1 is 1.19 bits per heavy atom. The predicted molar refractivity (Wildman–Crippen MR) is 94.1 cm³/mol. The molecule has 0 atom stereocenters. The van der Waals surface area contributed by atoms with Gasteiger partial charge in [-0.15, -0.1) is 0 Å². The second kappa shape index (κ2) is 6.02. The Hall–Kier alpha value is -4.08. The minimum atomic E-state index is -0.573. The molecule has 0 aliphatic heterocycles. The SMILES string of the molecule is COC(=O)c1cnn2c1ncc1c(=O)n(-c3ccc([N+](=O)[O-])cc3)ccc12. The monoisotopic (exact) mass is 365 g/mol. The third-order valence-electron chi connectivity index (χ3n) is 4.14. The van der Waals surface area contributed by atoms with Crippen LogP contribution in [0.4, 0.5) is 5.69 Å². The number of methoxy groups -OCH3 is 1. The van der Waals surface area contributed by atoms with Crippen molar-refractivity contribution in [1.82, 2.24) is 19.2 Å². The van der Waals surface area contributed by atoms with Gasteiger partial charge in [0.15, 0.2) is 5.65 Å². The third-order valence-corrected chi connectivity index (χ3v) is 4.14. The Labute approximate surface area is 150 Å². The molecule has 0 unspecified atom stereocenters. The van der Waals surface area contributed by atoms with Crippen LogP contribution in [0.2, 0.25) is 0 Å². The van der Waals surface area contributed by atoms with Crippen LogP contribution in [0.1, 0.15) is 10.4 Å². The Balaban J connectivity index is 1.90. The van der Waals surface area contributed by atoms with E-state index in [0.29, 0.717) is 11.2 Å². The summed E-state index contributed by atoms with van der Waals surface area (Å²) in [7, 11) is 1.26. The van der Waals surface area contributed by atoms with Crippen molar-refractivity contribution in [3.05, 3.63) is 75.0 Å². The average Bonchev–Trinajstić information content (AvgIpc) is 3.12. The van der Waals surface area contributed by atoms with Crippen LogP contribution in [0, 0.1) is 10.1 Å². The molecule has 0 aliphatic rings. The van der Waals surface area contributed by atoms with Crippen LogP contribution < -0.4 is 5.56 Å². The molecular formula is C17H11N5O5. The maximum Gasteiger partial charge on any atom is 0.343 e. The summed E-state index contributed by atoms with van der Waals surface area (Å²) in [5, 5.41) is 15.2. The summed E-state index contributed by atoms with van der Waals surface area (Å²) in [6.45, 7) is 0. The fourth-order valence-corrected chi connectivity index (χ4v) is 2.81.